The molecule has 112 valence electrons. The first-order valence-electron chi connectivity index (χ1n) is 7.28. The first kappa shape index (κ1) is 14.2. The van der Waals surface area contributed by atoms with E-state index in [2.05, 4.69) is 25.0 Å². The Kier molecular flexibility index (Phi) is 4.26. The van der Waals surface area contributed by atoms with E-state index in [0.29, 0.717) is 0 Å². The number of rotatable bonds is 5. The van der Waals surface area contributed by atoms with Crippen LogP contribution in [0.3, 0.4) is 0 Å². The number of fused-ring (bicyclic) bond motifs is 1. The molecular formula is C15H20FN5. The molecule has 0 aliphatic carbocycles. The Bertz CT molecular complexity index is 597. The quantitative estimate of drug-likeness (QED) is 0.908. The SMILES string of the molecule is CNC(CCN1CCn2cnnc2C1)c1ccccc1F. The van der Waals surface area contributed by atoms with Gasteiger partial charge in [-0.25, -0.2) is 4.39 Å². The van der Waals surface area contributed by atoms with Crippen molar-refractivity contribution in [2.75, 3.05) is 20.1 Å². The summed E-state index contributed by atoms with van der Waals surface area (Å²) in [5.74, 6) is 0.864. The van der Waals surface area contributed by atoms with Crippen LogP contribution in [0.15, 0.2) is 30.6 Å². The topological polar surface area (TPSA) is 46.0 Å². The Balaban J connectivity index is 1.60. The average molecular weight is 289 g/mol. The first-order chi connectivity index (χ1) is 10.3. The minimum Gasteiger partial charge on any atom is -0.315 e. The number of aromatic nitrogens is 3. The molecule has 0 amide bonds. The summed E-state index contributed by atoms with van der Waals surface area (Å²) in [4.78, 5) is 2.34. The van der Waals surface area contributed by atoms with Crippen LogP contribution in [0.2, 0.25) is 0 Å². The van der Waals surface area contributed by atoms with Gasteiger partial charge in [0.15, 0.2) is 0 Å². The van der Waals surface area contributed by atoms with Gasteiger partial charge in [-0.1, -0.05) is 18.2 Å². The summed E-state index contributed by atoms with van der Waals surface area (Å²) in [6, 6.07) is 7.01. The van der Waals surface area contributed by atoms with Crippen LogP contribution < -0.4 is 5.32 Å². The molecule has 1 aliphatic heterocycles. The van der Waals surface area contributed by atoms with E-state index in [9.17, 15) is 4.39 Å². The highest BCUT2D eigenvalue weighted by molar-refractivity contribution is 5.21. The number of nitrogens with zero attached hydrogens (tertiary/aromatic N) is 4. The van der Waals surface area contributed by atoms with Gasteiger partial charge in [0.2, 0.25) is 0 Å². The van der Waals surface area contributed by atoms with Gasteiger partial charge >= 0.3 is 0 Å². The fourth-order valence-corrected chi connectivity index (χ4v) is 2.83. The summed E-state index contributed by atoms with van der Waals surface area (Å²) >= 11 is 0. The molecule has 1 aromatic heterocycles. The molecule has 3 rings (SSSR count). The first-order valence-corrected chi connectivity index (χ1v) is 7.28. The van der Waals surface area contributed by atoms with Crippen molar-refractivity contribution < 1.29 is 4.39 Å². The highest BCUT2D eigenvalue weighted by Crippen LogP contribution is 2.21. The van der Waals surface area contributed by atoms with Gasteiger partial charge in [-0.15, -0.1) is 10.2 Å². The lowest BCUT2D eigenvalue weighted by Gasteiger charge is -2.28. The Hall–Kier alpha value is -1.79. The molecule has 0 spiro atoms. The van der Waals surface area contributed by atoms with Gasteiger partial charge in [0.1, 0.15) is 18.0 Å². The van der Waals surface area contributed by atoms with E-state index >= 15 is 0 Å². The normalized spacial score (nSPS) is 16.7. The summed E-state index contributed by atoms with van der Waals surface area (Å²) < 4.78 is 16.0. The van der Waals surface area contributed by atoms with Gasteiger partial charge < -0.3 is 9.88 Å². The maximum Gasteiger partial charge on any atom is 0.147 e. The highest BCUT2D eigenvalue weighted by Gasteiger charge is 2.19. The van der Waals surface area contributed by atoms with E-state index in [4.69, 9.17) is 0 Å². The second-order valence-electron chi connectivity index (χ2n) is 5.37. The lowest BCUT2D eigenvalue weighted by molar-refractivity contribution is 0.206. The molecule has 0 saturated heterocycles. The number of hydrogen-bond acceptors (Lipinski definition) is 4. The monoisotopic (exact) mass is 289 g/mol. The molecule has 0 radical (unpaired) electrons. The van der Waals surface area contributed by atoms with Crippen LogP contribution >= 0.6 is 0 Å². The van der Waals surface area contributed by atoms with E-state index in [0.717, 1.165) is 44.0 Å². The van der Waals surface area contributed by atoms with Crippen LogP contribution in [0.5, 0.6) is 0 Å². The molecule has 6 heteroatoms. The molecule has 0 saturated carbocycles. The molecule has 1 atom stereocenters. The number of halogens is 1. The maximum absolute atomic E-state index is 13.9. The van der Waals surface area contributed by atoms with E-state index in [1.165, 1.54) is 6.07 Å². The summed E-state index contributed by atoms with van der Waals surface area (Å²) in [6.45, 7) is 3.63. The lowest BCUT2D eigenvalue weighted by atomic mass is 10.0. The van der Waals surface area contributed by atoms with Crippen molar-refractivity contribution in [3.05, 3.63) is 47.8 Å². The molecule has 1 unspecified atom stereocenters. The fraction of sp³-hybridized carbons (Fsp3) is 0.467. The van der Waals surface area contributed by atoms with Crippen molar-refractivity contribution in [3.63, 3.8) is 0 Å². The van der Waals surface area contributed by atoms with Gasteiger partial charge in [-0.2, -0.15) is 0 Å². The number of nitrogens with one attached hydrogen (secondary N) is 1. The Morgan fingerprint density at radius 2 is 2.19 bits per heavy atom. The van der Waals surface area contributed by atoms with E-state index in [-0.39, 0.29) is 11.9 Å². The zero-order chi connectivity index (χ0) is 14.7. The van der Waals surface area contributed by atoms with Crippen molar-refractivity contribution in [1.29, 1.82) is 0 Å². The fourth-order valence-electron chi connectivity index (χ4n) is 2.83. The van der Waals surface area contributed by atoms with Crippen LogP contribution in [0.4, 0.5) is 4.39 Å². The number of benzene rings is 1. The second kappa shape index (κ2) is 6.32. The summed E-state index contributed by atoms with van der Waals surface area (Å²) in [7, 11) is 1.88. The molecule has 1 aliphatic rings. The molecule has 21 heavy (non-hydrogen) atoms. The van der Waals surface area contributed by atoms with Crippen molar-refractivity contribution in [1.82, 2.24) is 25.0 Å². The van der Waals surface area contributed by atoms with Crippen LogP contribution in [0.25, 0.3) is 0 Å². The molecule has 2 heterocycles. The summed E-state index contributed by atoms with van der Waals surface area (Å²) in [5, 5.41) is 11.3. The van der Waals surface area contributed by atoms with Gasteiger partial charge in [-0.05, 0) is 19.5 Å². The zero-order valence-electron chi connectivity index (χ0n) is 12.2. The van der Waals surface area contributed by atoms with E-state index in [1.807, 2.05) is 19.2 Å². The third-order valence-corrected chi connectivity index (χ3v) is 4.08. The average Bonchev–Trinajstić information content (AvgIpc) is 2.97. The zero-order valence-corrected chi connectivity index (χ0v) is 12.2. The molecular weight excluding hydrogens is 269 g/mol. The minimum atomic E-state index is -0.143. The van der Waals surface area contributed by atoms with E-state index in [1.54, 1.807) is 12.4 Å². The second-order valence-corrected chi connectivity index (χ2v) is 5.37. The highest BCUT2D eigenvalue weighted by atomic mass is 19.1. The van der Waals surface area contributed by atoms with E-state index < -0.39 is 0 Å². The molecule has 5 nitrogen and oxygen atoms in total. The summed E-state index contributed by atoms with van der Waals surface area (Å²) in [5.41, 5.74) is 0.736. The molecule has 2 aromatic rings. The molecule has 0 bridgehead atoms. The Labute approximate surface area is 123 Å². The van der Waals surface area contributed by atoms with Gasteiger partial charge in [0.25, 0.3) is 0 Å². The predicted molar refractivity (Wildman–Crippen MR) is 78.1 cm³/mol. The summed E-state index contributed by atoms with van der Waals surface area (Å²) in [6.07, 6.45) is 2.65. The molecule has 1 aromatic carbocycles. The smallest absolute Gasteiger partial charge is 0.147 e. The minimum absolute atomic E-state index is 0.0333. The Morgan fingerprint density at radius 3 is 3.00 bits per heavy atom. The maximum atomic E-state index is 13.9. The van der Waals surface area contributed by atoms with Crippen LogP contribution in [0, 0.1) is 5.82 Å². The van der Waals surface area contributed by atoms with Crippen molar-refractivity contribution in [3.8, 4) is 0 Å². The van der Waals surface area contributed by atoms with Gasteiger partial charge in [-0.3, -0.25) is 4.90 Å². The van der Waals surface area contributed by atoms with Crippen molar-refractivity contribution in [2.45, 2.75) is 25.6 Å². The molecule has 0 fully saturated rings. The van der Waals surface area contributed by atoms with Gasteiger partial charge in [0.05, 0.1) is 6.54 Å². The van der Waals surface area contributed by atoms with Crippen molar-refractivity contribution in [2.24, 2.45) is 0 Å². The van der Waals surface area contributed by atoms with Crippen molar-refractivity contribution >= 4 is 0 Å². The van der Waals surface area contributed by atoms with Gasteiger partial charge in [0, 0.05) is 31.2 Å². The number of hydrogen-bond donors (Lipinski definition) is 1. The van der Waals surface area contributed by atoms with Crippen LogP contribution in [-0.2, 0) is 13.1 Å². The van der Waals surface area contributed by atoms with Crippen LogP contribution in [0.1, 0.15) is 23.9 Å². The Morgan fingerprint density at radius 1 is 1.33 bits per heavy atom. The standard InChI is InChI=1S/C15H20FN5/c1-17-14(12-4-2-3-5-13(12)16)6-7-20-8-9-21-11-18-19-15(21)10-20/h2-5,11,14,17H,6-10H2,1H3. The largest absolute Gasteiger partial charge is 0.315 e. The predicted octanol–water partition coefficient (Wildman–Crippen LogP) is 1.58. The lowest BCUT2D eigenvalue weighted by Crippen LogP contribution is -2.35. The third kappa shape index (κ3) is 3.11. The van der Waals surface area contributed by atoms with Crippen LogP contribution in [-0.4, -0.2) is 39.8 Å². The molecule has 1 N–H and O–H groups in total. The third-order valence-electron chi connectivity index (χ3n) is 4.08.